The number of hydrogen-bond donors (Lipinski definition) is 1. The number of rotatable bonds is 10. The number of nitrogens with zero attached hydrogens (tertiary/aromatic N) is 2. The number of hydrogen-bond acceptors (Lipinski definition) is 4. The minimum Gasteiger partial charge on any atom is -0.477 e. The molecule has 0 atom stereocenters. The summed E-state index contributed by atoms with van der Waals surface area (Å²) >= 11 is 1.45. The second-order valence-corrected chi connectivity index (χ2v) is 14.2. The van der Waals surface area contributed by atoms with Crippen molar-refractivity contribution in [2.45, 2.75) is 0 Å². The van der Waals surface area contributed by atoms with Gasteiger partial charge in [-0.1, -0.05) is 133 Å². The monoisotopic (exact) mass is 726 g/mol. The van der Waals surface area contributed by atoms with Gasteiger partial charge in [-0.25, -0.2) is 4.79 Å². The molecule has 1 aromatic heterocycles. The highest BCUT2D eigenvalue weighted by Crippen LogP contribution is 2.43. The van der Waals surface area contributed by atoms with Crippen molar-refractivity contribution in [3.05, 3.63) is 205 Å². The highest BCUT2D eigenvalue weighted by Gasteiger charge is 2.19. The van der Waals surface area contributed by atoms with E-state index in [0.717, 1.165) is 72.0 Å². The molecule has 5 heteroatoms. The molecule has 0 aliphatic rings. The Morgan fingerprint density at radius 3 is 1.24 bits per heavy atom. The summed E-state index contributed by atoms with van der Waals surface area (Å²) in [4.78, 5) is 15.5. The molecule has 7 aromatic carbocycles. The quantitative estimate of drug-likeness (QED) is 0.113. The van der Waals surface area contributed by atoms with Crippen molar-refractivity contribution in [1.82, 2.24) is 0 Å². The van der Waals surface area contributed by atoms with Crippen molar-refractivity contribution in [3.63, 3.8) is 0 Å². The zero-order chi connectivity index (χ0) is 37.6. The minimum absolute atomic E-state index is 0.292. The highest BCUT2D eigenvalue weighted by molar-refractivity contribution is 7.16. The fraction of sp³-hybridized carbons (Fsp3) is 0. The molecule has 8 aromatic rings. The topological polar surface area (TPSA) is 64.3 Å². The molecule has 55 heavy (non-hydrogen) atoms. The average Bonchev–Trinajstić information content (AvgIpc) is 3.73. The number of carboxylic acid groups (broad SMARTS) is 1. The van der Waals surface area contributed by atoms with Gasteiger partial charge in [0, 0.05) is 26.8 Å². The van der Waals surface area contributed by atoms with Crippen molar-refractivity contribution in [2.75, 3.05) is 4.90 Å². The third-order valence-corrected chi connectivity index (χ3v) is 10.5. The summed E-state index contributed by atoms with van der Waals surface area (Å²) in [5.74, 6) is -1.24. The Hall–Kier alpha value is -7.26. The predicted molar refractivity (Wildman–Crippen MR) is 227 cm³/mol. The van der Waals surface area contributed by atoms with E-state index in [9.17, 15) is 15.2 Å². The van der Waals surface area contributed by atoms with Gasteiger partial charge >= 0.3 is 5.97 Å². The number of benzene rings is 7. The summed E-state index contributed by atoms with van der Waals surface area (Å²) in [6.07, 6.45) is 1.42. The molecule has 0 saturated carbocycles. The first-order valence-electron chi connectivity index (χ1n) is 17.9. The lowest BCUT2D eigenvalue weighted by Gasteiger charge is -2.28. The zero-order valence-electron chi connectivity index (χ0n) is 29.7. The van der Waals surface area contributed by atoms with Gasteiger partial charge in [0.15, 0.2) is 0 Å². The summed E-state index contributed by atoms with van der Waals surface area (Å²) in [5, 5.41) is 18.6. The van der Waals surface area contributed by atoms with Gasteiger partial charge in [-0.3, -0.25) is 0 Å². The lowest BCUT2D eigenvalue weighted by Crippen LogP contribution is -2.11. The van der Waals surface area contributed by atoms with Gasteiger partial charge in [-0.15, -0.1) is 11.3 Å². The summed E-state index contributed by atoms with van der Waals surface area (Å²) in [5.41, 5.74) is 12.7. The second kappa shape index (κ2) is 15.8. The molecular weight excluding hydrogens is 693 g/mol. The standard InChI is InChI=1S/C50H34N2O2S/c51-34-44(50(53)54)33-48-25-26-49(55-48)39-21-23-45(24-22-39)52(46-29-40(35-13-5-1-6-14-35)27-41(30-46)36-15-7-2-8-16-36)47-31-42(37-17-9-3-10-18-37)28-43(32-47)38-19-11-4-12-20-38/h1-33H,(H,53,54). The van der Waals surface area contributed by atoms with Crippen LogP contribution in [0.15, 0.2) is 200 Å². The Balaban J connectivity index is 1.33. The average molecular weight is 727 g/mol. The SMILES string of the molecule is N#CC(=Cc1ccc(-c2ccc(N(c3cc(-c4ccccc4)cc(-c4ccccc4)c3)c3cc(-c4ccccc4)cc(-c4ccccc4)c3)cc2)s1)C(=O)O. The van der Waals surface area contributed by atoms with Gasteiger partial charge in [0.1, 0.15) is 11.6 Å². The van der Waals surface area contributed by atoms with Crippen molar-refractivity contribution in [2.24, 2.45) is 0 Å². The van der Waals surface area contributed by atoms with E-state index in [1.54, 1.807) is 6.07 Å². The molecule has 0 radical (unpaired) electrons. The number of thiophene rings is 1. The van der Waals surface area contributed by atoms with Crippen LogP contribution in [0.4, 0.5) is 17.1 Å². The Morgan fingerprint density at radius 2 is 0.873 bits per heavy atom. The number of nitriles is 1. The number of anilines is 3. The highest BCUT2D eigenvalue weighted by atomic mass is 32.1. The Bertz CT molecular complexity index is 2420. The van der Waals surface area contributed by atoms with E-state index in [4.69, 9.17) is 0 Å². The van der Waals surface area contributed by atoms with E-state index < -0.39 is 5.97 Å². The third-order valence-electron chi connectivity index (χ3n) is 9.45. The number of carbonyl (C=O) groups is 1. The molecule has 0 unspecified atom stereocenters. The first kappa shape index (κ1) is 34.8. The van der Waals surface area contributed by atoms with Crippen LogP contribution < -0.4 is 4.90 Å². The smallest absolute Gasteiger partial charge is 0.346 e. The molecule has 8 rings (SSSR count). The maximum atomic E-state index is 11.5. The first-order valence-corrected chi connectivity index (χ1v) is 18.7. The van der Waals surface area contributed by atoms with Crippen LogP contribution in [0.1, 0.15) is 4.88 Å². The lowest BCUT2D eigenvalue weighted by atomic mass is 9.95. The number of carboxylic acids is 1. The largest absolute Gasteiger partial charge is 0.477 e. The lowest BCUT2D eigenvalue weighted by molar-refractivity contribution is -0.132. The van der Waals surface area contributed by atoms with Crippen LogP contribution in [0.3, 0.4) is 0 Å². The summed E-state index contributed by atoms with van der Waals surface area (Å²) in [7, 11) is 0. The van der Waals surface area contributed by atoms with Gasteiger partial charge in [-0.2, -0.15) is 5.26 Å². The fourth-order valence-electron chi connectivity index (χ4n) is 6.76. The van der Waals surface area contributed by atoms with Gasteiger partial charge in [0.2, 0.25) is 0 Å². The van der Waals surface area contributed by atoms with Crippen LogP contribution >= 0.6 is 11.3 Å². The minimum atomic E-state index is -1.24. The first-order chi connectivity index (χ1) is 27.0. The van der Waals surface area contributed by atoms with Crippen LogP contribution in [0.25, 0.3) is 61.0 Å². The van der Waals surface area contributed by atoms with E-state index in [-0.39, 0.29) is 5.57 Å². The maximum Gasteiger partial charge on any atom is 0.346 e. The van der Waals surface area contributed by atoms with Gasteiger partial charge in [0.05, 0.1) is 0 Å². The molecule has 0 saturated heterocycles. The molecule has 1 heterocycles. The van der Waals surface area contributed by atoms with Crippen molar-refractivity contribution in [1.29, 1.82) is 5.26 Å². The van der Waals surface area contributed by atoms with Gasteiger partial charge < -0.3 is 10.0 Å². The van der Waals surface area contributed by atoms with Crippen LogP contribution in [0.2, 0.25) is 0 Å². The van der Waals surface area contributed by atoms with Gasteiger partial charge in [-0.05, 0) is 117 Å². The molecule has 1 N–H and O–H groups in total. The number of aliphatic carboxylic acids is 1. The van der Waals surface area contributed by atoms with E-state index in [2.05, 4.69) is 163 Å². The van der Waals surface area contributed by atoms with Crippen molar-refractivity contribution >= 4 is 40.4 Å². The Labute approximate surface area is 324 Å². The fourth-order valence-corrected chi connectivity index (χ4v) is 7.72. The normalized spacial score (nSPS) is 11.1. The van der Waals surface area contributed by atoms with Crippen LogP contribution in [-0.2, 0) is 4.79 Å². The third kappa shape index (κ3) is 7.77. The maximum absolute atomic E-state index is 11.5. The van der Waals surface area contributed by atoms with E-state index in [1.165, 1.54) is 17.4 Å². The summed E-state index contributed by atoms with van der Waals surface area (Å²) < 4.78 is 0. The van der Waals surface area contributed by atoms with Crippen molar-refractivity contribution < 1.29 is 9.90 Å². The molecule has 4 nitrogen and oxygen atoms in total. The predicted octanol–water partition coefficient (Wildman–Crippen LogP) is 13.5. The molecular formula is C50H34N2O2S. The summed E-state index contributed by atoms with van der Waals surface area (Å²) in [6.45, 7) is 0. The van der Waals surface area contributed by atoms with E-state index in [0.29, 0.717) is 4.88 Å². The molecule has 262 valence electrons. The van der Waals surface area contributed by atoms with Crippen molar-refractivity contribution in [3.8, 4) is 61.0 Å². The Morgan fingerprint density at radius 1 is 0.473 bits per heavy atom. The zero-order valence-corrected chi connectivity index (χ0v) is 30.5. The molecule has 0 fully saturated rings. The molecule has 0 aliphatic carbocycles. The second-order valence-electron chi connectivity index (χ2n) is 13.1. The molecule has 0 bridgehead atoms. The molecule has 0 aliphatic heterocycles. The van der Waals surface area contributed by atoms with Crippen LogP contribution in [-0.4, -0.2) is 11.1 Å². The van der Waals surface area contributed by atoms with Crippen LogP contribution in [0.5, 0.6) is 0 Å². The van der Waals surface area contributed by atoms with Crippen LogP contribution in [0, 0.1) is 11.3 Å². The summed E-state index contributed by atoms with van der Waals surface area (Å²) in [6, 6.07) is 69.6. The van der Waals surface area contributed by atoms with Gasteiger partial charge in [0.25, 0.3) is 0 Å². The molecule has 0 spiro atoms. The van der Waals surface area contributed by atoms with E-state index >= 15 is 0 Å². The molecule has 0 amide bonds. The van der Waals surface area contributed by atoms with E-state index in [1.807, 2.05) is 36.4 Å². The Kier molecular flexibility index (Phi) is 9.98.